The number of amides is 1. The number of rotatable bonds is 3. The van der Waals surface area contributed by atoms with E-state index in [9.17, 15) is 9.90 Å². The Balaban J connectivity index is 2.03. The lowest BCUT2D eigenvalue weighted by Gasteiger charge is -2.06. The van der Waals surface area contributed by atoms with Crippen LogP contribution < -0.4 is 5.32 Å². The molecule has 0 bridgehead atoms. The van der Waals surface area contributed by atoms with Crippen LogP contribution in [0.4, 0.5) is 0 Å². The summed E-state index contributed by atoms with van der Waals surface area (Å²) in [5, 5.41) is 12.7. The number of hydrogen-bond acceptors (Lipinski definition) is 2. The van der Waals surface area contributed by atoms with Gasteiger partial charge in [0.15, 0.2) is 0 Å². The number of phenolic OH excluding ortho intramolecular Hbond substituents is 1. The number of aromatic hydroxyl groups is 1. The van der Waals surface area contributed by atoms with Gasteiger partial charge in [-0.25, -0.2) is 0 Å². The Morgan fingerprint density at radius 3 is 2.74 bits per heavy atom. The molecule has 1 amide bonds. The third-order valence-electron chi connectivity index (χ3n) is 2.55. The maximum Gasteiger partial charge on any atom is 0.251 e. The maximum absolute atomic E-state index is 11.9. The smallest absolute Gasteiger partial charge is 0.251 e. The fourth-order valence-electron chi connectivity index (χ4n) is 1.59. The minimum atomic E-state index is -0.193. The van der Waals surface area contributed by atoms with Crippen molar-refractivity contribution in [2.75, 3.05) is 0 Å². The number of carbonyl (C=O) groups is 1. The van der Waals surface area contributed by atoms with Crippen LogP contribution >= 0.6 is 34.2 Å². The molecule has 0 aliphatic carbocycles. The molecule has 98 valence electrons. The van der Waals surface area contributed by atoms with E-state index >= 15 is 0 Å². The van der Waals surface area contributed by atoms with Crippen molar-refractivity contribution in [2.45, 2.75) is 6.54 Å². The molecule has 0 fully saturated rings. The van der Waals surface area contributed by atoms with Crippen molar-refractivity contribution in [1.82, 2.24) is 5.32 Å². The van der Waals surface area contributed by atoms with Crippen LogP contribution in [0.3, 0.4) is 0 Å². The molecule has 0 aliphatic heterocycles. The Kier molecular flexibility index (Phi) is 4.66. The monoisotopic (exact) mass is 387 g/mol. The van der Waals surface area contributed by atoms with E-state index in [1.807, 2.05) is 6.07 Å². The van der Waals surface area contributed by atoms with Crippen molar-refractivity contribution in [3.63, 3.8) is 0 Å². The van der Waals surface area contributed by atoms with Crippen LogP contribution in [-0.2, 0) is 6.54 Å². The SMILES string of the molecule is O=C(NCc1cccc(O)c1)c1ccc(I)c(Cl)c1. The first-order valence-corrected chi connectivity index (χ1v) is 7.03. The van der Waals surface area contributed by atoms with Gasteiger partial charge in [0, 0.05) is 15.7 Å². The molecule has 19 heavy (non-hydrogen) atoms. The summed E-state index contributed by atoms with van der Waals surface area (Å²) in [6.07, 6.45) is 0. The zero-order valence-electron chi connectivity index (χ0n) is 9.86. The second-order valence-electron chi connectivity index (χ2n) is 3.98. The van der Waals surface area contributed by atoms with Crippen LogP contribution in [0.5, 0.6) is 5.75 Å². The Bertz CT molecular complexity index is 616. The standard InChI is InChI=1S/C14H11ClINO2/c15-12-7-10(4-5-13(12)16)14(19)17-8-9-2-1-3-11(18)6-9/h1-7,18H,8H2,(H,17,19). The lowest BCUT2D eigenvalue weighted by Crippen LogP contribution is -2.22. The highest BCUT2D eigenvalue weighted by Gasteiger charge is 2.07. The molecule has 0 atom stereocenters. The van der Waals surface area contributed by atoms with Crippen LogP contribution in [0.25, 0.3) is 0 Å². The average Bonchev–Trinajstić information content (AvgIpc) is 2.39. The van der Waals surface area contributed by atoms with E-state index in [4.69, 9.17) is 11.6 Å². The third kappa shape index (κ3) is 3.84. The highest BCUT2D eigenvalue weighted by molar-refractivity contribution is 14.1. The molecular weight excluding hydrogens is 377 g/mol. The Morgan fingerprint density at radius 1 is 1.26 bits per heavy atom. The Labute approximate surface area is 129 Å². The second kappa shape index (κ2) is 6.25. The second-order valence-corrected chi connectivity index (χ2v) is 5.55. The molecule has 0 aliphatic rings. The van der Waals surface area contributed by atoms with E-state index < -0.39 is 0 Å². The molecule has 0 saturated heterocycles. The molecule has 0 spiro atoms. The summed E-state index contributed by atoms with van der Waals surface area (Å²) in [7, 11) is 0. The van der Waals surface area contributed by atoms with Crippen molar-refractivity contribution in [3.8, 4) is 5.75 Å². The molecule has 0 heterocycles. The summed E-state index contributed by atoms with van der Waals surface area (Å²) in [6, 6.07) is 11.9. The number of benzene rings is 2. The van der Waals surface area contributed by atoms with Crippen molar-refractivity contribution < 1.29 is 9.90 Å². The first-order chi connectivity index (χ1) is 9.06. The van der Waals surface area contributed by atoms with Crippen LogP contribution in [0.1, 0.15) is 15.9 Å². The molecule has 0 radical (unpaired) electrons. The summed E-state index contributed by atoms with van der Waals surface area (Å²) in [6.45, 7) is 0.358. The van der Waals surface area contributed by atoms with Crippen molar-refractivity contribution in [3.05, 3.63) is 62.2 Å². The van der Waals surface area contributed by atoms with Crippen LogP contribution in [0.2, 0.25) is 5.02 Å². The summed E-state index contributed by atoms with van der Waals surface area (Å²) >= 11 is 8.08. The first kappa shape index (κ1) is 14.1. The van der Waals surface area contributed by atoms with Gasteiger partial charge in [-0.1, -0.05) is 23.7 Å². The normalized spacial score (nSPS) is 10.2. The molecule has 0 aromatic heterocycles. The Morgan fingerprint density at radius 2 is 2.05 bits per heavy atom. The van der Waals surface area contributed by atoms with E-state index in [0.29, 0.717) is 17.1 Å². The number of halogens is 2. The number of phenols is 1. The van der Waals surface area contributed by atoms with Gasteiger partial charge in [0.25, 0.3) is 5.91 Å². The maximum atomic E-state index is 11.9. The minimum absolute atomic E-state index is 0.184. The van der Waals surface area contributed by atoms with Gasteiger partial charge in [-0.3, -0.25) is 4.79 Å². The first-order valence-electron chi connectivity index (χ1n) is 5.57. The molecule has 0 unspecified atom stereocenters. The Hall–Kier alpha value is -1.27. The predicted octanol–water partition coefficient (Wildman–Crippen LogP) is 3.58. The zero-order valence-corrected chi connectivity index (χ0v) is 12.8. The van der Waals surface area contributed by atoms with Crippen LogP contribution in [-0.4, -0.2) is 11.0 Å². The average molecular weight is 388 g/mol. The number of carbonyl (C=O) groups excluding carboxylic acids is 1. The van der Waals surface area contributed by atoms with Gasteiger partial charge in [-0.2, -0.15) is 0 Å². The largest absolute Gasteiger partial charge is 0.508 e. The predicted molar refractivity (Wildman–Crippen MR) is 83.4 cm³/mol. The summed E-state index contributed by atoms with van der Waals surface area (Å²) < 4.78 is 0.906. The topological polar surface area (TPSA) is 49.3 Å². The molecule has 2 N–H and O–H groups in total. The van der Waals surface area contributed by atoms with E-state index in [1.165, 1.54) is 0 Å². The lowest BCUT2D eigenvalue weighted by molar-refractivity contribution is 0.0951. The van der Waals surface area contributed by atoms with E-state index in [-0.39, 0.29) is 11.7 Å². The minimum Gasteiger partial charge on any atom is -0.508 e. The zero-order chi connectivity index (χ0) is 13.8. The van der Waals surface area contributed by atoms with Gasteiger partial charge in [0.2, 0.25) is 0 Å². The molecule has 2 aromatic rings. The number of nitrogens with one attached hydrogen (secondary N) is 1. The van der Waals surface area contributed by atoms with Gasteiger partial charge in [0.05, 0.1) is 5.02 Å². The fourth-order valence-corrected chi connectivity index (χ4v) is 2.10. The summed E-state index contributed by atoms with van der Waals surface area (Å²) in [5.74, 6) is -0.00861. The number of hydrogen-bond donors (Lipinski definition) is 2. The molecule has 2 rings (SSSR count). The summed E-state index contributed by atoms with van der Waals surface area (Å²) in [5.41, 5.74) is 1.36. The fraction of sp³-hybridized carbons (Fsp3) is 0.0714. The molecular formula is C14H11ClINO2. The van der Waals surface area contributed by atoms with Gasteiger partial charge < -0.3 is 10.4 Å². The molecule has 5 heteroatoms. The van der Waals surface area contributed by atoms with Gasteiger partial charge in [-0.05, 0) is 58.5 Å². The third-order valence-corrected chi connectivity index (χ3v) is 4.12. The molecule has 3 nitrogen and oxygen atoms in total. The van der Waals surface area contributed by atoms with Crippen LogP contribution in [0, 0.1) is 3.57 Å². The molecule has 0 saturated carbocycles. The van der Waals surface area contributed by atoms with E-state index in [0.717, 1.165) is 9.13 Å². The van der Waals surface area contributed by atoms with Gasteiger partial charge in [0.1, 0.15) is 5.75 Å². The molecule has 2 aromatic carbocycles. The van der Waals surface area contributed by atoms with Gasteiger partial charge in [-0.15, -0.1) is 0 Å². The van der Waals surface area contributed by atoms with E-state index in [1.54, 1.807) is 36.4 Å². The summed E-state index contributed by atoms with van der Waals surface area (Å²) in [4.78, 5) is 11.9. The highest BCUT2D eigenvalue weighted by Crippen LogP contribution is 2.19. The highest BCUT2D eigenvalue weighted by atomic mass is 127. The van der Waals surface area contributed by atoms with Crippen molar-refractivity contribution in [1.29, 1.82) is 0 Å². The van der Waals surface area contributed by atoms with Crippen molar-refractivity contribution in [2.24, 2.45) is 0 Å². The lowest BCUT2D eigenvalue weighted by atomic mass is 10.2. The van der Waals surface area contributed by atoms with Crippen LogP contribution in [0.15, 0.2) is 42.5 Å². The van der Waals surface area contributed by atoms with Gasteiger partial charge >= 0.3 is 0 Å². The quantitative estimate of drug-likeness (QED) is 0.791. The van der Waals surface area contributed by atoms with Crippen molar-refractivity contribution >= 4 is 40.1 Å². The van der Waals surface area contributed by atoms with E-state index in [2.05, 4.69) is 27.9 Å².